The van der Waals surface area contributed by atoms with Gasteiger partial charge in [0, 0.05) is 24.9 Å². The summed E-state index contributed by atoms with van der Waals surface area (Å²) in [5.74, 6) is 2.04. The van der Waals surface area contributed by atoms with Gasteiger partial charge in [-0.05, 0) is 39.1 Å². The lowest BCUT2D eigenvalue weighted by atomic mass is 10.1. The molecule has 15 heavy (non-hydrogen) atoms. The van der Waals surface area contributed by atoms with Crippen LogP contribution in [0.15, 0.2) is 0 Å². The Morgan fingerprint density at radius 1 is 1.27 bits per heavy atom. The predicted molar refractivity (Wildman–Crippen MR) is 72.8 cm³/mol. The van der Waals surface area contributed by atoms with Crippen molar-refractivity contribution in [3.63, 3.8) is 0 Å². The van der Waals surface area contributed by atoms with E-state index < -0.39 is 0 Å². The van der Waals surface area contributed by atoms with Gasteiger partial charge in [-0.1, -0.05) is 13.8 Å². The lowest BCUT2D eigenvalue weighted by molar-refractivity contribution is 0.264. The molecule has 0 spiro atoms. The van der Waals surface area contributed by atoms with Crippen LogP contribution in [0.25, 0.3) is 0 Å². The van der Waals surface area contributed by atoms with Crippen LogP contribution in [0, 0.1) is 5.92 Å². The van der Waals surface area contributed by atoms with E-state index in [2.05, 4.69) is 44.3 Å². The first-order chi connectivity index (χ1) is 7.07. The van der Waals surface area contributed by atoms with Crippen LogP contribution in [-0.4, -0.2) is 49.6 Å². The molecule has 0 radical (unpaired) electrons. The van der Waals surface area contributed by atoms with Crippen molar-refractivity contribution in [1.82, 2.24) is 10.2 Å². The maximum atomic E-state index is 3.53. The quantitative estimate of drug-likeness (QED) is 0.614. The summed E-state index contributed by atoms with van der Waals surface area (Å²) in [7, 11) is 2.21. The average Bonchev–Trinajstić information content (AvgIpc) is 2.20. The van der Waals surface area contributed by atoms with Crippen LogP contribution in [0.5, 0.6) is 0 Å². The van der Waals surface area contributed by atoms with Gasteiger partial charge in [0.05, 0.1) is 0 Å². The summed E-state index contributed by atoms with van der Waals surface area (Å²) in [5.41, 5.74) is 0. The summed E-state index contributed by atoms with van der Waals surface area (Å²) in [6.07, 6.45) is 3.45. The van der Waals surface area contributed by atoms with Gasteiger partial charge in [0.1, 0.15) is 0 Å². The molecule has 0 saturated carbocycles. The van der Waals surface area contributed by atoms with Crippen LogP contribution in [0.2, 0.25) is 0 Å². The first-order valence-electron chi connectivity index (χ1n) is 5.97. The van der Waals surface area contributed by atoms with Crippen LogP contribution in [0.4, 0.5) is 0 Å². The van der Waals surface area contributed by atoms with Gasteiger partial charge in [-0.3, -0.25) is 0 Å². The number of rotatable bonds is 9. The van der Waals surface area contributed by atoms with E-state index in [-0.39, 0.29) is 0 Å². The molecule has 0 fully saturated rings. The van der Waals surface area contributed by atoms with Crippen molar-refractivity contribution in [2.75, 3.05) is 38.7 Å². The third-order valence-electron chi connectivity index (χ3n) is 2.74. The second kappa shape index (κ2) is 9.49. The molecule has 0 amide bonds. The van der Waals surface area contributed by atoms with Crippen molar-refractivity contribution in [2.45, 2.75) is 33.2 Å². The molecule has 3 heteroatoms. The highest BCUT2D eigenvalue weighted by atomic mass is 32.2. The van der Waals surface area contributed by atoms with Crippen LogP contribution >= 0.6 is 11.8 Å². The Kier molecular flexibility index (Phi) is 9.66. The maximum Gasteiger partial charge on any atom is 0.0189 e. The highest BCUT2D eigenvalue weighted by Gasteiger charge is 2.07. The lowest BCUT2D eigenvalue weighted by Gasteiger charge is -2.24. The van der Waals surface area contributed by atoms with Gasteiger partial charge in [-0.25, -0.2) is 0 Å². The normalized spacial score (nSPS) is 13.8. The van der Waals surface area contributed by atoms with Crippen LogP contribution in [0.3, 0.4) is 0 Å². The van der Waals surface area contributed by atoms with E-state index in [4.69, 9.17) is 0 Å². The molecular weight excluding hydrogens is 204 g/mol. The van der Waals surface area contributed by atoms with E-state index in [1.807, 2.05) is 11.8 Å². The zero-order valence-corrected chi connectivity index (χ0v) is 11.9. The highest BCUT2D eigenvalue weighted by Crippen LogP contribution is 1.99. The number of thioether (sulfide) groups is 1. The fraction of sp³-hybridized carbons (Fsp3) is 1.00. The fourth-order valence-electron chi connectivity index (χ4n) is 1.31. The van der Waals surface area contributed by atoms with Gasteiger partial charge in [-0.15, -0.1) is 0 Å². The number of nitrogens with one attached hydrogen (secondary N) is 1. The molecule has 1 atom stereocenters. The highest BCUT2D eigenvalue weighted by molar-refractivity contribution is 7.98. The molecule has 1 unspecified atom stereocenters. The zero-order chi connectivity index (χ0) is 11.7. The van der Waals surface area contributed by atoms with Gasteiger partial charge in [0.25, 0.3) is 0 Å². The molecule has 0 aliphatic rings. The molecule has 0 aliphatic heterocycles. The van der Waals surface area contributed by atoms with Crippen molar-refractivity contribution in [2.24, 2.45) is 5.92 Å². The summed E-state index contributed by atoms with van der Waals surface area (Å²) >= 11 is 1.92. The van der Waals surface area contributed by atoms with E-state index >= 15 is 0 Å². The Morgan fingerprint density at radius 3 is 2.47 bits per heavy atom. The monoisotopic (exact) mass is 232 g/mol. The van der Waals surface area contributed by atoms with Crippen molar-refractivity contribution in [3.8, 4) is 0 Å². The molecule has 0 aromatic rings. The van der Waals surface area contributed by atoms with Gasteiger partial charge in [-0.2, -0.15) is 11.8 Å². The Balaban J connectivity index is 3.42. The maximum absolute atomic E-state index is 3.53. The molecule has 0 saturated heterocycles. The van der Waals surface area contributed by atoms with E-state index in [9.17, 15) is 0 Å². The summed E-state index contributed by atoms with van der Waals surface area (Å²) in [6.45, 7) is 10.3. The van der Waals surface area contributed by atoms with Crippen LogP contribution in [-0.2, 0) is 0 Å². The van der Waals surface area contributed by atoms with Crippen molar-refractivity contribution < 1.29 is 0 Å². The number of hydrogen-bond donors (Lipinski definition) is 1. The molecule has 0 aromatic heterocycles. The van der Waals surface area contributed by atoms with Gasteiger partial charge in [0.15, 0.2) is 0 Å². The third kappa shape index (κ3) is 9.21. The molecule has 0 aromatic carbocycles. The first kappa shape index (κ1) is 15.3. The minimum atomic E-state index is 0.643. The van der Waals surface area contributed by atoms with E-state index in [0.717, 1.165) is 19.0 Å². The summed E-state index contributed by atoms with van der Waals surface area (Å²) < 4.78 is 0. The molecule has 0 bridgehead atoms. The SMILES string of the molecule is CSCCN(C)C(C)CNCCC(C)C. The number of hydrogen-bond acceptors (Lipinski definition) is 3. The van der Waals surface area contributed by atoms with Crippen LogP contribution < -0.4 is 5.32 Å². The van der Waals surface area contributed by atoms with E-state index in [0.29, 0.717) is 6.04 Å². The van der Waals surface area contributed by atoms with Crippen molar-refractivity contribution in [3.05, 3.63) is 0 Å². The topological polar surface area (TPSA) is 15.3 Å². The molecule has 1 N–H and O–H groups in total. The average molecular weight is 232 g/mol. The molecule has 92 valence electrons. The molecule has 0 aliphatic carbocycles. The van der Waals surface area contributed by atoms with Crippen molar-refractivity contribution in [1.29, 1.82) is 0 Å². The molecule has 0 rings (SSSR count). The smallest absolute Gasteiger partial charge is 0.0189 e. The Hall–Kier alpha value is 0.270. The van der Waals surface area contributed by atoms with Gasteiger partial charge in [0.2, 0.25) is 0 Å². The third-order valence-corrected chi connectivity index (χ3v) is 3.33. The second-order valence-corrected chi connectivity index (χ2v) is 5.69. The summed E-state index contributed by atoms with van der Waals surface area (Å²) in [4.78, 5) is 2.43. The molecular formula is C12H28N2S. The minimum Gasteiger partial charge on any atom is -0.315 e. The lowest BCUT2D eigenvalue weighted by Crippen LogP contribution is -2.39. The Labute approximate surface area is 100 Å². The first-order valence-corrected chi connectivity index (χ1v) is 7.37. The standard InChI is InChI=1S/C12H28N2S/c1-11(2)6-7-13-10-12(3)14(4)8-9-15-5/h11-13H,6-10H2,1-5H3. The largest absolute Gasteiger partial charge is 0.315 e. The zero-order valence-electron chi connectivity index (χ0n) is 11.0. The molecule has 2 nitrogen and oxygen atoms in total. The fourth-order valence-corrected chi connectivity index (χ4v) is 1.78. The number of nitrogens with zero attached hydrogens (tertiary/aromatic N) is 1. The van der Waals surface area contributed by atoms with E-state index in [1.54, 1.807) is 0 Å². The van der Waals surface area contributed by atoms with Crippen LogP contribution in [0.1, 0.15) is 27.2 Å². The Morgan fingerprint density at radius 2 is 1.93 bits per heavy atom. The predicted octanol–water partition coefficient (Wildman–Crippen LogP) is 2.31. The number of likely N-dealkylation sites (N-methyl/N-ethyl adjacent to an activating group) is 1. The summed E-state index contributed by atoms with van der Waals surface area (Å²) in [5, 5.41) is 3.53. The van der Waals surface area contributed by atoms with Gasteiger partial charge < -0.3 is 10.2 Å². The van der Waals surface area contributed by atoms with Gasteiger partial charge >= 0.3 is 0 Å². The summed E-state index contributed by atoms with van der Waals surface area (Å²) in [6, 6.07) is 0.643. The minimum absolute atomic E-state index is 0.643. The van der Waals surface area contributed by atoms with E-state index in [1.165, 1.54) is 18.7 Å². The second-order valence-electron chi connectivity index (χ2n) is 4.71. The van der Waals surface area contributed by atoms with Crippen molar-refractivity contribution >= 4 is 11.8 Å². The molecule has 0 heterocycles. The Bertz CT molecular complexity index is 140.